The molecule has 0 aromatic carbocycles. The highest BCUT2D eigenvalue weighted by molar-refractivity contribution is 5.92. The van der Waals surface area contributed by atoms with Crippen LogP contribution in [0.5, 0.6) is 0 Å². The van der Waals surface area contributed by atoms with E-state index < -0.39 is 0 Å². The Kier molecular flexibility index (Phi) is 4.10. The quantitative estimate of drug-likeness (QED) is 0.782. The van der Waals surface area contributed by atoms with Gasteiger partial charge in [0.25, 0.3) is 0 Å². The lowest BCUT2D eigenvalue weighted by molar-refractivity contribution is -0.130. The lowest BCUT2D eigenvalue weighted by Crippen LogP contribution is -2.44. The first-order chi connectivity index (χ1) is 8.52. The smallest absolute Gasteiger partial charge is 0.249 e. The van der Waals surface area contributed by atoms with Crippen molar-refractivity contribution in [2.45, 2.75) is 58.1 Å². The summed E-state index contributed by atoms with van der Waals surface area (Å²) in [4.78, 5) is 14.1. The minimum absolute atomic E-state index is 0.0968. The van der Waals surface area contributed by atoms with Crippen molar-refractivity contribution in [2.24, 2.45) is 11.8 Å². The lowest BCUT2D eigenvalue weighted by atomic mass is 9.78. The minimum Gasteiger partial charge on any atom is -0.393 e. The van der Waals surface area contributed by atoms with Gasteiger partial charge >= 0.3 is 0 Å². The zero-order chi connectivity index (χ0) is 13.3. The second-order valence-corrected chi connectivity index (χ2v) is 5.98. The number of aliphatic hydroxyl groups excluding tert-OH is 1. The van der Waals surface area contributed by atoms with E-state index in [1.54, 1.807) is 6.92 Å². The summed E-state index contributed by atoms with van der Waals surface area (Å²) in [7, 11) is 0. The Balaban J connectivity index is 2.01. The largest absolute Gasteiger partial charge is 0.393 e. The zero-order valence-electron chi connectivity index (χ0n) is 11.6. The summed E-state index contributed by atoms with van der Waals surface area (Å²) in [6.07, 6.45) is 5.10. The Morgan fingerprint density at radius 3 is 2.56 bits per heavy atom. The second kappa shape index (κ2) is 5.43. The predicted molar refractivity (Wildman–Crippen MR) is 72.1 cm³/mol. The normalized spacial score (nSPS) is 35.1. The monoisotopic (exact) mass is 251 g/mol. The first-order valence-corrected chi connectivity index (χ1v) is 7.17. The van der Waals surface area contributed by atoms with Gasteiger partial charge in [-0.1, -0.05) is 6.58 Å². The molecule has 0 bridgehead atoms. The molecule has 1 amide bonds. The van der Waals surface area contributed by atoms with Crippen molar-refractivity contribution in [3.05, 3.63) is 12.2 Å². The van der Waals surface area contributed by atoms with Crippen molar-refractivity contribution in [1.29, 1.82) is 0 Å². The number of aliphatic hydroxyl groups is 1. The van der Waals surface area contributed by atoms with Gasteiger partial charge in [-0.2, -0.15) is 0 Å². The summed E-state index contributed by atoms with van der Waals surface area (Å²) in [5.74, 6) is 1.40. The van der Waals surface area contributed by atoms with Crippen LogP contribution >= 0.6 is 0 Å². The van der Waals surface area contributed by atoms with Gasteiger partial charge in [0, 0.05) is 18.2 Å². The summed E-state index contributed by atoms with van der Waals surface area (Å²) < 4.78 is 0. The summed E-state index contributed by atoms with van der Waals surface area (Å²) in [5, 5.41) is 9.74. The topological polar surface area (TPSA) is 40.5 Å². The van der Waals surface area contributed by atoms with Crippen molar-refractivity contribution >= 4 is 5.91 Å². The molecular formula is C15H25NO2. The van der Waals surface area contributed by atoms with Crippen LogP contribution in [0.3, 0.4) is 0 Å². The molecule has 0 spiro atoms. The number of nitrogens with zero attached hydrogens (tertiary/aromatic N) is 1. The average Bonchev–Trinajstić information content (AvgIpc) is 2.69. The molecule has 4 atom stereocenters. The Bertz CT molecular complexity index is 339. The number of carbonyl (C=O) groups is 1. The Labute approximate surface area is 110 Å². The van der Waals surface area contributed by atoms with E-state index in [9.17, 15) is 9.90 Å². The van der Waals surface area contributed by atoms with E-state index in [2.05, 4.69) is 6.58 Å². The van der Waals surface area contributed by atoms with E-state index in [1.807, 2.05) is 11.8 Å². The van der Waals surface area contributed by atoms with Crippen LogP contribution < -0.4 is 0 Å². The van der Waals surface area contributed by atoms with Crippen LogP contribution in [0.15, 0.2) is 12.2 Å². The lowest BCUT2D eigenvalue weighted by Gasteiger charge is -2.38. The molecule has 4 unspecified atom stereocenters. The van der Waals surface area contributed by atoms with E-state index in [-0.39, 0.29) is 12.0 Å². The Morgan fingerprint density at radius 2 is 1.94 bits per heavy atom. The van der Waals surface area contributed by atoms with Crippen LogP contribution in [-0.2, 0) is 4.79 Å². The first kappa shape index (κ1) is 13.6. The van der Waals surface area contributed by atoms with E-state index in [1.165, 1.54) is 0 Å². The van der Waals surface area contributed by atoms with Crippen molar-refractivity contribution in [2.75, 3.05) is 6.54 Å². The summed E-state index contributed by atoms with van der Waals surface area (Å²) in [5.41, 5.74) is 0.630. The maximum Gasteiger partial charge on any atom is 0.249 e. The van der Waals surface area contributed by atoms with Gasteiger partial charge in [0.2, 0.25) is 5.91 Å². The van der Waals surface area contributed by atoms with Crippen LogP contribution in [0.4, 0.5) is 0 Å². The van der Waals surface area contributed by atoms with Crippen LogP contribution in [-0.4, -0.2) is 34.6 Å². The number of amides is 1. The van der Waals surface area contributed by atoms with Crippen molar-refractivity contribution in [3.63, 3.8) is 0 Å². The number of likely N-dealkylation sites (N-methyl/N-ethyl adjacent to an activating group) is 1. The van der Waals surface area contributed by atoms with Gasteiger partial charge in [0.1, 0.15) is 0 Å². The molecule has 18 heavy (non-hydrogen) atoms. The molecule has 1 N–H and O–H groups in total. The third-order valence-electron chi connectivity index (χ3n) is 4.67. The predicted octanol–water partition coefficient (Wildman–Crippen LogP) is 2.35. The molecule has 2 fully saturated rings. The molecule has 0 saturated heterocycles. The average molecular weight is 251 g/mol. The van der Waals surface area contributed by atoms with Crippen LogP contribution in [0.1, 0.15) is 46.0 Å². The van der Waals surface area contributed by atoms with Gasteiger partial charge in [0.15, 0.2) is 0 Å². The fourth-order valence-electron chi connectivity index (χ4n) is 3.79. The maximum absolute atomic E-state index is 12.1. The van der Waals surface area contributed by atoms with Crippen molar-refractivity contribution < 1.29 is 9.90 Å². The van der Waals surface area contributed by atoms with Gasteiger partial charge in [-0.3, -0.25) is 4.79 Å². The number of fused-ring (bicyclic) bond motifs is 1. The Hall–Kier alpha value is -0.830. The van der Waals surface area contributed by atoms with Gasteiger partial charge in [-0.15, -0.1) is 0 Å². The van der Waals surface area contributed by atoms with Gasteiger partial charge in [-0.05, 0) is 57.8 Å². The molecule has 0 aromatic rings. The van der Waals surface area contributed by atoms with Crippen molar-refractivity contribution in [3.8, 4) is 0 Å². The van der Waals surface area contributed by atoms with Crippen molar-refractivity contribution in [1.82, 2.24) is 4.90 Å². The van der Waals surface area contributed by atoms with Gasteiger partial charge in [-0.25, -0.2) is 0 Å². The third-order valence-corrected chi connectivity index (χ3v) is 4.67. The number of carbonyl (C=O) groups excluding carboxylic acids is 1. The molecule has 2 rings (SSSR count). The summed E-state index contributed by atoms with van der Waals surface area (Å²) >= 11 is 0. The van der Waals surface area contributed by atoms with Crippen LogP contribution in [0.25, 0.3) is 0 Å². The van der Waals surface area contributed by atoms with E-state index in [4.69, 9.17) is 0 Å². The molecule has 3 heteroatoms. The molecule has 2 saturated carbocycles. The molecule has 2 aliphatic rings. The highest BCUT2D eigenvalue weighted by Crippen LogP contribution is 2.43. The summed E-state index contributed by atoms with van der Waals surface area (Å²) in [6, 6.07) is 0.353. The van der Waals surface area contributed by atoms with E-state index >= 15 is 0 Å². The molecule has 0 heterocycles. The SMILES string of the molecule is C=C(C)C(=O)N(CC)C1CCC2CC(O)CC2C1. The Morgan fingerprint density at radius 1 is 1.28 bits per heavy atom. The molecule has 0 radical (unpaired) electrons. The number of hydrogen-bond acceptors (Lipinski definition) is 2. The second-order valence-electron chi connectivity index (χ2n) is 5.98. The zero-order valence-corrected chi connectivity index (χ0v) is 11.6. The molecule has 0 aliphatic heterocycles. The third kappa shape index (κ3) is 2.61. The highest BCUT2D eigenvalue weighted by Gasteiger charge is 2.40. The first-order valence-electron chi connectivity index (χ1n) is 7.17. The van der Waals surface area contributed by atoms with Crippen LogP contribution in [0.2, 0.25) is 0 Å². The number of rotatable bonds is 3. The number of hydrogen-bond donors (Lipinski definition) is 1. The summed E-state index contributed by atoms with van der Waals surface area (Å²) in [6.45, 7) is 8.35. The maximum atomic E-state index is 12.1. The van der Waals surface area contributed by atoms with E-state index in [0.717, 1.165) is 38.6 Å². The van der Waals surface area contributed by atoms with Gasteiger partial charge < -0.3 is 10.0 Å². The fraction of sp³-hybridized carbons (Fsp3) is 0.800. The molecule has 2 aliphatic carbocycles. The van der Waals surface area contributed by atoms with E-state index in [0.29, 0.717) is 23.5 Å². The van der Waals surface area contributed by atoms with Gasteiger partial charge in [0.05, 0.1) is 6.10 Å². The molecular weight excluding hydrogens is 226 g/mol. The highest BCUT2D eigenvalue weighted by atomic mass is 16.3. The molecule has 3 nitrogen and oxygen atoms in total. The molecule has 0 aromatic heterocycles. The standard InChI is InChI=1S/C15H25NO2/c1-4-16(15(18)10(2)3)13-6-5-11-8-14(17)9-12(11)7-13/h11-14,17H,2,4-9H2,1,3H3. The van der Waals surface area contributed by atoms with Crippen LogP contribution in [0, 0.1) is 11.8 Å². The minimum atomic E-state index is -0.106. The molecule has 102 valence electrons. The fourth-order valence-corrected chi connectivity index (χ4v) is 3.79.